The predicted octanol–water partition coefficient (Wildman–Crippen LogP) is 0.553. The number of carboxylic acids is 1. The van der Waals surface area contributed by atoms with E-state index in [1.54, 1.807) is 24.3 Å². The van der Waals surface area contributed by atoms with Crippen LogP contribution in [-0.4, -0.2) is 34.7 Å². The van der Waals surface area contributed by atoms with Crippen molar-refractivity contribution in [3.63, 3.8) is 0 Å². The van der Waals surface area contributed by atoms with Crippen molar-refractivity contribution in [2.24, 2.45) is 0 Å². The molecule has 0 aliphatic carbocycles. The number of carboxylic acid groups (broad SMARTS) is 1. The second-order valence-corrected chi connectivity index (χ2v) is 4.36. The number of benzene rings is 1. The molecule has 5 nitrogen and oxygen atoms in total. The molecule has 0 spiro atoms. The molecule has 1 atom stereocenters. The Labute approximate surface area is 107 Å². The molecule has 0 unspecified atom stereocenters. The van der Waals surface area contributed by atoms with Gasteiger partial charge in [-0.1, -0.05) is 28.1 Å². The molecule has 0 radical (unpaired) electrons. The van der Waals surface area contributed by atoms with Gasteiger partial charge in [-0.25, -0.2) is 4.79 Å². The lowest BCUT2D eigenvalue weighted by atomic mass is 10.1. The van der Waals surface area contributed by atoms with Crippen molar-refractivity contribution in [1.29, 1.82) is 0 Å². The van der Waals surface area contributed by atoms with E-state index in [0.717, 1.165) is 10.0 Å². The van der Waals surface area contributed by atoms with Crippen molar-refractivity contribution in [2.75, 3.05) is 6.61 Å². The van der Waals surface area contributed by atoms with E-state index in [4.69, 9.17) is 10.2 Å². The number of hydrogen-bond acceptors (Lipinski definition) is 3. The highest BCUT2D eigenvalue weighted by Gasteiger charge is 2.18. The third-order valence-electron chi connectivity index (χ3n) is 2.09. The second kappa shape index (κ2) is 6.36. The number of nitrogens with one attached hydrogen (secondary N) is 1. The molecule has 1 rings (SSSR count). The largest absolute Gasteiger partial charge is 0.480 e. The summed E-state index contributed by atoms with van der Waals surface area (Å²) in [5, 5.41) is 19.6. The maximum Gasteiger partial charge on any atom is 0.328 e. The van der Waals surface area contributed by atoms with Gasteiger partial charge < -0.3 is 15.5 Å². The van der Waals surface area contributed by atoms with Crippen LogP contribution in [0.4, 0.5) is 0 Å². The summed E-state index contributed by atoms with van der Waals surface area (Å²) < 4.78 is 0.903. The number of aliphatic hydroxyl groups is 1. The summed E-state index contributed by atoms with van der Waals surface area (Å²) in [6.07, 6.45) is 0.0804. The van der Waals surface area contributed by atoms with Crippen molar-refractivity contribution in [2.45, 2.75) is 12.5 Å². The topological polar surface area (TPSA) is 86.6 Å². The summed E-state index contributed by atoms with van der Waals surface area (Å²) in [4.78, 5) is 22.1. The van der Waals surface area contributed by atoms with Crippen molar-refractivity contribution in [3.8, 4) is 0 Å². The first-order valence-electron chi connectivity index (χ1n) is 4.90. The molecule has 0 aliphatic rings. The molecule has 0 heterocycles. The Morgan fingerprint density at radius 1 is 1.29 bits per heavy atom. The van der Waals surface area contributed by atoms with E-state index in [2.05, 4.69) is 21.2 Å². The van der Waals surface area contributed by atoms with Crippen molar-refractivity contribution in [3.05, 3.63) is 34.3 Å². The van der Waals surface area contributed by atoms with E-state index >= 15 is 0 Å². The highest BCUT2D eigenvalue weighted by Crippen LogP contribution is 2.10. The van der Waals surface area contributed by atoms with Gasteiger partial charge in [-0.15, -0.1) is 0 Å². The number of hydrogen-bond donors (Lipinski definition) is 3. The van der Waals surface area contributed by atoms with Gasteiger partial charge in [0.2, 0.25) is 5.91 Å². The van der Waals surface area contributed by atoms with Gasteiger partial charge in [-0.05, 0) is 17.7 Å². The number of carbonyl (C=O) groups is 2. The van der Waals surface area contributed by atoms with Gasteiger partial charge in [0.05, 0.1) is 13.0 Å². The van der Waals surface area contributed by atoms with Crippen LogP contribution in [0.2, 0.25) is 0 Å². The van der Waals surface area contributed by atoms with Crippen LogP contribution in [0, 0.1) is 0 Å². The normalized spacial score (nSPS) is 11.9. The average molecular weight is 302 g/mol. The lowest BCUT2D eigenvalue weighted by Gasteiger charge is -2.11. The summed E-state index contributed by atoms with van der Waals surface area (Å²) in [5.74, 6) is -1.69. The van der Waals surface area contributed by atoms with Gasteiger partial charge >= 0.3 is 5.97 Å². The Balaban J connectivity index is 2.54. The summed E-state index contributed by atoms with van der Waals surface area (Å²) in [5.41, 5.74) is 0.771. The zero-order valence-electron chi connectivity index (χ0n) is 8.89. The van der Waals surface area contributed by atoms with Gasteiger partial charge in [0.1, 0.15) is 6.04 Å². The average Bonchev–Trinajstić information content (AvgIpc) is 2.28. The van der Waals surface area contributed by atoms with Crippen molar-refractivity contribution >= 4 is 27.8 Å². The zero-order valence-corrected chi connectivity index (χ0v) is 10.5. The minimum atomic E-state index is -1.25. The molecule has 0 aliphatic heterocycles. The lowest BCUT2D eigenvalue weighted by molar-refractivity contribution is -0.142. The molecular weight excluding hydrogens is 290 g/mol. The van der Waals surface area contributed by atoms with Crippen LogP contribution in [0.1, 0.15) is 5.56 Å². The third-order valence-corrected chi connectivity index (χ3v) is 2.62. The third kappa shape index (κ3) is 4.54. The summed E-state index contributed by atoms with van der Waals surface area (Å²) in [6, 6.07) is 5.86. The van der Waals surface area contributed by atoms with E-state index in [9.17, 15) is 9.59 Å². The van der Waals surface area contributed by atoms with Crippen LogP contribution in [0.5, 0.6) is 0 Å². The van der Waals surface area contributed by atoms with E-state index in [0.29, 0.717) is 0 Å². The maximum atomic E-state index is 11.5. The fourth-order valence-corrected chi connectivity index (χ4v) is 1.48. The highest BCUT2D eigenvalue weighted by atomic mass is 79.9. The monoisotopic (exact) mass is 301 g/mol. The molecule has 17 heavy (non-hydrogen) atoms. The predicted molar refractivity (Wildman–Crippen MR) is 64.5 cm³/mol. The molecule has 3 N–H and O–H groups in total. The Kier molecular flexibility index (Phi) is 5.11. The number of rotatable bonds is 5. The van der Waals surface area contributed by atoms with E-state index < -0.39 is 24.5 Å². The molecule has 92 valence electrons. The molecule has 0 saturated heterocycles. The Bertz CT molecular complexity index is 404. The SMILES string of the molecule is O=C(Cc1ccc(Br)cc1)N[C@H](CO)C(=O)O. The van der Waals surface area contributed by atoms with Gasteiger partial charge in [-0.2, -0.15) is 0 Å². The van der Waals surface area contributed by atoms with Crippen molar-refractivity contribution < 1.29 is 19.8 Å². The van der Waals surface area contributed by atoms with E-state index in [-0.39, 0.29) is 6.42 Å². The van der Waals surface area contributed by atoms with Crippen LogP contribution in [0.25, 0.3) is 0 Å². The van der Waals surface area contributed by atoms with Crippen LogP contribution in [0.3, 0.4) is 0 Å². The molecule has 1 amide bonds. The standard InChI is InChI=1S/C11H12BrNO4/c12-8-3-1-7(2-4-8)5-10(15)13-9(6-14)11(16)17/h1-4,9,14H,5-6H2,(H,13,15)(H,16,17)/t9-/m1/s1. The molecule has 0 saturated carbocycles. The second-order valence-electron chi connectivity index (χ2n) is 3.44. The first-order chi connectivity index (χ1) is 8.02. The quantitative estimate of drug-likeness (QED) is 0.741. The van der Waals surface area contributed by atoms with Gasteiger partial charge in [-0.3, -0.25) is 4.79 Å². The first kappa shape index (κ1) is 13.7. The number of halogens is 1. The number of aliphatic hydroxyl groups excluding tert-OH is 1. The van der Waals surface area contributed by atoms with Crippen molar-refractivity contribution in [1.82, 2.24) is 5.32 Å². The Morgan fingerprint density at radius 3 is 2.35 bits per heavy atom. The Hall–Kier alpha value is -1.40. The zero-order chi connectivity index (χ0) is 12.8. The van der Waals surface area contributed by atoms with Crippen LogP contribution < -0.4 is 5.32 Å². The molecule has 0 fully saturated rings. The summed E-state index contributed by atoms with van der Waals surface area (Å²) in [6.45, 7) is -0.624. The number of carbonyl (C=O) groups excluding carboxylic acids is 1. The maximum absolute atomic E-state index is 11.5. The minimum Gasteiger partial charge on any atom is -0.480 e. The number of amides is 1. The van der Waals surface area contributed by atoms with E-state index in [1.165, 1.54) is 0 Å². The van der Waals surface area contributed by atoms with Gasteiger partial charge in [0, 0.05) is 4.47 Å². The molecule has 0 aromatic heterocycles. The molecule has 6 heteroatoms. The van der Waals surface area contributed by atoms with Crippen LogP contribution in [-0.2, 0) is 16.0 Å². The minimum absolute atomic E-state index is 0.0804. The summed E-state index contributed by atoms with van der Waals surface area (Å²) >= 11 is 3.27. The smallest absolute Gasteiger partial charge is 0.328 e. The fourth-order valence-electron chi connectivity index (χ4n) is 1.22. The molecule has 1 aromatic rings. The Morgan fingerprint density at radius 2 is 1.88 bits per heavy atom. The molecule has 0 bridgehead atoms. The highest BCUT2D eigenvalue weighted by molar-refractivity contribution is 9.10. The lowest BCUT2D eigenvalue weighted by Crippen LogP contribution is -2.43. The first-order valence-corrected chi connectivity index (χ1v) is 5.69. The van der Waals surface area contributed by atoms with E-state index in [1.807, 2.05) is 0 Å². The van der Waals surface area contributed by atoms with Gasteiger partial charge in [0.15, 0.2) is 0 Å². The fraction of sp³-hybridized carbons (Fsp3) is 0.273. The molecular formula is C11H12BrNO4. The molecule has 1 aromatic carbocycles. The number of aliphatic carboxylic acids is 1. The van der Waals surface area contributed by atoms with Crippen LogP contribution in [0.15, 0.2) is 28.7 Å². The van der Waals surface area contributed by atoms with Crippen LogP contribution >= 0.6 is 15.9 Å². The van der Waals surface area contributed by atoms with Gasteiger partial charge in [0.25, 0.3) is 0 Å². The summed E-state index contributed by atoms with van der Waals surface area (Å²) in [7, 11) is 0.